The zero-order valence-corrected chi connectivity index (χ0v) is 11.9. The SMILES string of the molecule is C=CC(=O)OCS(=O)(=O)OCC(CC)CCC.N. The van der Waals surface area contributed by atoms with Crippen molar-refractivity contribution in [3.05, 3.63) is 12.7 Å². The minimum absolute atomic E-state index is 0. The first-order valence-corrected chi connectivity index (χ1v) is 7.19. The quantitative estimate of drug-likeness (QED) is 0.394. The number of esters is 1. The first-order valence-electron chi connectivity index (χ1n) is 5.61. The van der Waals surface area contributed by atoms with E-state index in [2.05, 4.69) is 11.3 Å². The molecule has 0 aromatic heterocycles. The molecule has 0 spiro atoms. The minimum atomic E-state index is -3.80. The first-order chi connectivity index (χ1) is 7.95. The number of carbonyl (C=O) groups is 1. The summed E-state index contributed by atoms with van der Waals surface area (Å²) in [5.74, 6) is -1.33. The minimum Gasteiger partial charge on any atom is -0.444 e. The van der Waals surface area contributed by atoms with Gasteiger partial charge in [-0.15, -0.1) is 0 Å². The molecular formula is C11H23NO5S. The van der Waals surface area contributed by atoms with Crippen LogP contribution >= 0.6 is 0 Å². The second-order valence-corrected chi connectivity index (χ2v) is 5.28. The molecule has 0 radical (unpaired) electrons. The molecule has 0 heterocycles. The molecule has 6 nitrogen and oxygen atoms in total. The number of rotatable bonds is 9. The number of hydrogen-bond donors (Lipinski definition) is 1. The molecule has 1 atom stereocenters. The Bertz CT molecular complexity index is 339. The monoisotopic (exact) mass is 281 g/mol. The van der Waals surface area contributed by atoms with Gasteiger partial charge in [0.25, 0.3) is 0 Å². The summed E-state index contributed by atoms with van der Waals surface area (Å²) >= 11 is 0. The third-order valence-electron chi connectivity index (χ3n) is 2.27. The maximum atomic E-state index is 11.3. The van der Waals surface area contributed by atoms with E-state index in [1.54, 1.807) is 0 Å². The van der Waals surface area contributed by atoms with Crippen molar-refractivity contribution in [1.82, 2.24) is 6.15 Å². The van der Waals surface area contributed by atoms with Crippen LogP contribution in [0.15, 0.2) is 12.7 Å². The third kappa shape index (κ3) is 9.15. The van der Waals surface area contributed by atoms with Crippen LogP contribution in [0.4, 0.5) is 0 Å². The fourth-order valence-corrected chi connectivity index (χ4v) is 1.96. The Kier molecular flexibility index (Phi) is 10.8. The van der Waals surface area contributed by atoms with Gasteiger partial charge in [-0.25, -0.2) is 4.79 Å². The van der Waals surface area contributed by atoms with Gasteiger partial charge in [-0.3, -0.25) is 4.18 Å². The lowest BCUT2D eigenvalue weighted by molar-refractivity contribution is -0.135. The lowest BCUT2D eigenvalue weighted by Gasteiger charge is -2.13. The van der Waals surface area contributed by atoms with Crippen LogP contribution in [-0.4, -0.2) is 26.9 Å². The Labute approximate surface area is 109 Å². The predicted molar refractivity (Wildman–Crippen MR) is 69.7 cm³/mol. The van der Waals surface area contributed by atoms with E-state index in [0.29, 0.717) is 0 Å². The van der Waals surface area contributed by atoms with Crippen molar-refractivity contribution in [2.75, 3.05) is 12.5 Å². The highest BCUT2D eigenvalue weighted by atomic mass is 32.2. The summed E-state index contributed by atoms with van der Waals surface area (Å²) in [5, 5.41) is 0. The van der Waals surface area contributed by atoms with Crippen LogP contribution in [0.2, 0.25) is 0 Å². The van der Waals surface area contributed by atoms with Gasteiger partial charge in [0.05, 0.1) is 6.61 Å². The van der Waals surface area contributed by atoms with Crippen LogP contribution in [0.3, 0.4) is 0 Å². The van der Waals surface area contributed by atoms with Crippen LogP contribution in [0.25, 0.3) is 0 Å². The molecule has 1 unspecified atom stereocenters. The standard InChI is InChI=1S/C11H20O5S.H3N/c1-4-7-10(5-2)8-16-17(13,14)9-15-11(12)6-3;/h6,10H,3-5,7-9H2,1-2H3;1H3. The van der Waals surface area contributed by atoms with Crippen LogP contribution < -0.4 is 6.15 Å². The Morgan fingerprint density at radius 1 is 1.39 bits per heavy atom. The van der Waals surface area contributed by atoms with Crippen LogP contribution in [0.1, 0.15) is 33.1 Å². The molecule has 7 heteroatoms. The smallest absolute Gasteiger partial charge is 0.331 e. The predicted octanol–water partition coefficient (Wildman–Crippen LogP) is 2.01. The molecule has 0 aliphatic heterocycles. The van der Waals surface area contributed by atoms with Gasteiger partial charge in [-0.05, 0) is 12.3 Å². The molecule has 0 aromatic carbocycles. The summed E-state index contributed by atoms with van der Waals surface area (Å²) in [6, 6.07) is 0. The van der Waals surface area contributed by atoms with E-state index in [0.717, 1.165) is 25.3 Å². The molecular weight excluding hydrogens is 258 g/mol. The van der Waals surface area contributed by atoms with E-state index in [-0.39, 0.29) is 18.7 Å². The number of hydrogen-bond acceptors (Lipinski definition) is 6. The summed E-state index contributed by atoms with van der Waals surface area (Å²) in [4.78, 5) is 10.7. The molecule has 0 bridgehead atoms. The van der Waals surface area contributed by atoms with Crippen LogP contribution in [0.5, 0.6) is 0 Å². The third-order valence-corrected chi connectivity index (χ3v) is 3.17. The maximum absolute atomic E-state index is 11.3. The molecule has 0 aliphatic rings. The first kappa shape index (κ1) is 19.4. The van der Waals surface area contributed by atoms with Gasteiger partial charge < -0.3 is 10.9 Å². The Morgan fingerprint density at radius 3 is 2.44 bits per heavy atom. The van der Waals surface area contributed by atoms with E-state index in [1.165, 1.54) is 0 Å². The second kappa shape index (κ2) is 10.0. The normalized spacial score (nSPS) is 12.3. The van der Waals surface area contributed by atoms with Crippen LogP contribution in [-0.2, 0) is 23.8 Å². The molecule has 0 aromatic rings. The lowest BCUT2D eigenvalue weighted by Crippen LogP contribution is -2.19. The van der Waals surface area contributed by atoms with Gasteiger partial charge >= 0.3 is 16.1 Å². The lowest BCUT2D eigenvalue weighted by atomic mass is 10.0. The van der Waals surface area contributed by atoms with Gasteiger partial charge in [0, 0.05) is 6.08 Å². The maximum Gasteiger partial charge on any atom is 0.331 e. The fraction of sp³-hybridized carbons (Fsp3) is 0.727. The summed E-state index contributed by atoms with van der Waals surface area (Å²) < 4.78 is 31.9. The van der Waals surface area contributed by atoms with Gasteiger partial charge in [-0.1, -0.05) is 33.3 Å². The highest BCUT2D eigenvalue weighted by molar-refractivity contribution is 7.86. The van der Waals surface area contributed by atoms with Crippen molar-refractivity contribution in [2.24, 2.45) is 5.92 Å². The zero-order chi connectivity index (χ0) is 13.3. The zero-order valence-electron chi connectivity index (χ0n) is 11.1. The van der Waals surface area contributed by atoms with E-state index < -0.39 is 22.0 Å². The fourth-order valence-electron chi connectivity index (χ4n) is 1.24. The average molecular weight is 281 g/mol. The molecule has 18 heavy (non-hydrogen) atoms. The topological polar surface area (TPSA) is 105 Å². The van der Waals surface area contributed by atoms with E-state index in [9.17, 15) is 13.2 Å². The van der Waals surface area contributed by atoms with Gasteiger partial charge in [0.2, 0.25) is 5.94 Å². The summed E-state index contributed by atoms with van der Waals surface area (Å²) in [5.41, 5.74) is 0. The van der Waals surface area contributed by atoms with Crippen molar-refractivity contribution in [3.63, 3.8) is 0 Å². The summed E-state index contributed by atoms with van der Waals surface area (Å²) in [7, 11) is -3.80. The highest BCUT2D eigenvalue weighted by Crippen LogP contribution is 2.12. The van der Waals surface area contributed by atoms with Crippen molar-refractivity contribution in [3.8, 4) is 0 Å². The number of carbonyl (C=O) groups excluding carboxylic acids is 1. The molecule has 3 N–H and O–H groups in total. The molecule has 0 saturated heterocycles. The Morgan fingerprint density at radius 2 is 2.00 bits per heavy atom. The van der Waals surface area contributed by atoms with Gasteiger partial charge in [0.15, 0.2) is 0 Å². The largest absolute Gasteiger partial charge is 0.444 e. The molecule has 0 fully saturated rings. The van der Waals surface area contributed by atoms with Crippen molar-refractivity contribution in [2.45, 2.75) is 33.1 Å². The highest BCUT2D eigenvalue weighted by Gasteiger charge is 2.16. The van der Waals surface area contributed by atoms with Crippen molar-refractivity contribution < 1.29 is 22.1 Å². The van der Waals surface area contributed by atoms with Crippen LogP contribution in [0, 0.1) is 5.92 Å². The Hall–Kier alpha value is -0.920. The molecule has 0 aliphatic carbocycles. The van der Waals surface area contributed by atoms with E-state index in [4.69, 9.17) is 4.18 Å². The number of ether oxygens (including phenoxy) is 1. The summed E-state index contributed by atoms with van der Waals surface area (Å²) in [6.45, 7) is 7.31. The summed E-state index contributed by atoms with van der Waals surface area (Å²) in [6.07, 6.45) is 3.66. The van der Waals surface area contributed by atoms with Gasteiger partial charge in [0.1, 0.15) is 0 Å². The molecule has 0 amide bonds. The van der Waals surface area contributed by atoms with Gasteiger partial charge in [-0.2, -0.15) is 8.42 Å². The average Bonchev–Trinajstić information content (AvgIpc) is 2.31. The van der Waals surface area contributed by atoms with E-state index in [1.807, 2.05) is 13.8 Å². The molecule has 0 rings (SSSR count). The van der Waals surface area contributed by atoms with Crippen molar-refractivity contribution in [1.29, 1.82) is 0 Å². The molecule has 0 saturated carbocycles. The second-order valence-electron chi connectivity index (χ2n) is 3.69. The molecule has 108 valence electrons. The Balaban J connectivity index is 0. The van der Waals surface area contributed by atoms with Crippen molar-refractivity contribution >= 4 is 16.1 Å². The van der Waals surface area contributed by atoms with E-state index >= 15 is 0 Å².